The van der Waals surface area contributed by atoms with E-state index in [0.717, 1.165) is 31.5 Å². The molecule has 4 heteroatoms. The zero-order valence-corrected chi connectivity index (χ0v) is 11.5. The summed E-state index contributed by atoms with van der Waals surface area (Å²) in [5.41, 5.74) is 0.718. The molecule has 3 heterocycles. The minimum atomic E-state index is 0.149. The Bertz CT molecular complexity index is 448. The van der Waals surface area contributed by atoms with Gasteiger partial charge in [-0.1, -0.05) is 0 Å². The van der Waals surface area contributed by atoms with Gasteiger partial charge in [0.25, 0.3) is 5.91 Å². The average molecular weight is 259 g/mol. The minimum absolute atomic E-state index is 0.149. The van der Waals surface area contributed by atoms with E-state index in [1.165, 1.54) is 12.8 Å². The summed E-state index contributed by atoms with van der Waals surface area (Å²) in [6, 6.07) is 4.63. The van der Waals surface area contributed by atoms with Crippen molar-refractivity contribution >= 4 is 5.91 Å². The maximum Gasteiger partial charge on any atom is 0.255 e. The fourth-order valence-electron chi connectivity index (χ4n) is 3.52. The standard InChI is InChI=1S/C15H21N3O/c1-17-9-3-6-13(17)14-7-4-10-18(14)15(19)12-5-2-8-16-11-12/h2,5,8,11,13-14H,3-4,6-7,9-10H2,1H3. The van der Waals surface area contributed by atoms with Crippen LogP contribution in [-0.4, -0.2) is 52.9 Å². The van der Waals surface area contributed by atoms with Crippen molar-refractivity contribution in [2.75, 3.05) is 20.1 Å². The second-order valence-electron chi connectivity index (χ2n) is 5.64. The molecule has 2 atom stereocenters. The molecular formula is C15H21N3O. The lowest BCUT2D eigenvalue weighted by molar-refractivity contribution is 0.0664. The van der Waals surface area contributed by atoms with Gasteiger partial charge in [-0.2, -0.15) is 0 Å². The van der Waals surface area contributed by atoms with Crippen LogP contribution in [0, 0.1) is 0 Å². The van der Waals surface area contributed by atoms with Gasteiger partial charge in [-0.25, -0.2) is 0 Å². The number of rotatable bonds is 2. The molecule has 2 unspecified atom stereocenters. The van der Waals surface area contributed by atoms with Crippen LogP contribution in [0.1, 0.15) is 36.0 Å². The monoisotopic (exact) mass is 259 g/mol. The molecule has 1 aromatic rings. The van der Waals surface area contributed by atoms with Gasteiger partial charge in [0.05, 0.1) is 5.56 Å². The molecule has 19 heavy (non-hydrogen) atoms. The third kappa shape index (κ3) is 2.37. The smallest absolute Gasteiger partial charge is 0.255 e. The molecule has 0 spiro atoms. The molecule has 1 aromatic heterocycles. The number of pyridine rings is 1. The van der Waals surface area contributed by atoms with Crippen molar-refractivity contribution in [2.45, 2.75) is 37.8 Å². The zero-order chi connectivity index (χ0) is 13.2. The molecule has 1 amide bonds. The van der Waals surface area contributed by atoms with Crippen LogP contribution in [0.4, 0.5) is 0 Å². The summed E-state index contributed by atoms with van der Waals surface area (Å²) in [6.45, 7) is 2.05. The molecular weight excluding hydrogens is 238 g/mol. The van der Waals surface area contributed by atoms with E-state index in [4.69, 9.17) is 0 Å². The molecule has 0 radical (unpaired) electrons. The van der Waals surface area contributed by atoms with Crippen molar-refractivity contribution in [3.63, 3.8) is 0 Å². The van der Waals surface area contributed by atoms with Crippen molar-refractivity contribution in [1.82, 2.24) is 14.8 Å². The van der Waals surface area contributed by atoms with Crippen molar-refractivity contribution in [2.24, 2.45) is 0 Å². The summed E-state index contributed by atoms with van der Waals surface area (Å²) in [5.74, 6) is 0.149. The van der Waals surface area contributed by atoms with Gasteiger partial charge < -0.3 is 9.80 Å². The van der Waals surface area contributed by atoms with Crippen LogP contribution in [0.15, 0.2) is 24.5 Å². The van der Waals surface area contributed by atoms with E-state index in [2.05, 4.69) is 21.8 Å². The lowest BCUT2D eigenvalue weighted by Crippen LogP contribution is -2.47. The van der Waals surface area contributed by atoms with Crippen molar-refractivity contribution in [3.8, 4) is 0 Å². The Labute approximate surface area is 114 Å². The molecule has 0 bridgehead atoms. The molecule has 2 fully saturated rings. The van der Waals surface area contributed by atoms with Gasteiger partial charge in [0.1, 0.15) is 0 Å². The third-order valence-corrected chi connectivity index (χ3v) is 4.49. The van der Waals surface area contributed by atoms with Crippen LogP contribution >= 0.6 is 0 Å². The summed E-state index contributed by atoms with van der Waals surface area (Å²) in [4.78, 5) is 21.1. The molecule has 3 rings (SSSR count). The highest BCUT2D eigenvalue weighted by Crippen LogP contribution is 2.29. The van der Waals surface area contributed by atoms with Crippen LogP contribution in [0.2, 0.25) is 0 Å². The second-order valence-corrected chi connectivity index (χ2v) is 5.64. The Balaban J connectivity index is 1.78. The van der Waals surface area contributed by atoms with E-state index in [1.807, 2.05) is 12.1 Å². The van der Waals surface area contributed by atoms with Gasteiger partial charge >= 0.3 is 0 Å². The molecule has 2 saturated heterocycles. The number of hydrogen-bond donors (Lipinski definition) is 0. The van der Waals surface area contributed by atoms with E-state index in [-0.39, 0.29) is 5.91 Å². The predicted octanol–water partition coefficient (Wildman–Crippen LogP) is 1.78. The summed E-state index contributed by atoms with van der Waals surface area (Å²) in [7, 11) is 2.18. The normalized spacial score (nSPS) is 27.9. The van der Waals surface area contributed by atoms with Gasteiger partial charge in [0, 0.05) is 31.0 Å². The Morgan fingerprint density at radius 2 is 2.05 bits per heavy atom. The first-order chi connectivity index (χ1) is 9.27. The predicted molar refractivity (Wildman–Crippen MR) is 73.9 cm³/mol. The van der Waals surface area contributed by atoms with Gasteiger partial charge in [-0.15, -0.1) is 0 Å². The van der Waals surface area contributed by atoms with Crippen molar-refractivity contribution in [3.05, 3.63) is 30.1 Å². The molecule has 2 aliphatic rings. The maximum atomic E-state index is 12.6. The fourth-order valence-corrected chi connectivity index (χ4v) is 3.52. The average Bonchev–Trinajstić information content (AvgIpc) is 3.07. The van der Waals surface area contributed by atoms with Gasteiger partial charge in [0.15, 0.2) is 0 Å². The van der Waals surface area contributed by atoms with E-state index in [0.29, 0.717) is 12.1 Å². The van der Waals surface area contributed by atoms with Crippen LogP contribution < -0.4 is 0 Å². The summed E-state index contributed by atoms with van der Waals surface area (Å²) in [6.07, 6.45) is 8.13. The molecule has 2 aliphatic heterocycles. The van der Waals surface area contributed by atoms with Gasteiger partial charge in [-0.3, -0.25) is 9.78 Å². The minimum Gasteiger partial charge on any atom is -0.334 e. The number of likely N-dealkylation sites (tertiary alicyclic amines) is 2. The number of carbonyl (C=O) groups excluding carboxylic acids is 1. The van der Waals surface area contributed by atoms with E-state index in [9.17, 15) is 4.79 Å². The van der Waals surface area contributed by atoms with Crippen molar-refractivity contribution in [1.29, 1.82) is 0 Å². The summed E-state index contributed by atoms with van der Waals surface area (Å²) < 4.78 is 0. The molecule has 0 aliphatic carbocycles. The van der Waals surface area contributed by atoms with E-state index in [1.54, 1.807) is 12.4 Å². The molecule has 0 N–H and O–H groups in total. The van der Waals surface area contributed by atoms with Crippen molar-refractivity contribution < 1.29 is 4.79 Å². The number of carbonyl (C=O) groups is 1. The first kappa shape index (κ1) is 12.6. The first-order valence-corrected chi connectivity index (χ1v) is 7.18. The number of likely N-dealkylation sites (N-methyl/N-ethyl adjacent to an activating group) is 1. The number of aromatic nitrogens is 1. The Hall–Kier alpha value is -1.42. The highest BCUT2D eigenvalue weighted by Gasteiger charge is 2.38. The summed E-state index contributed by atoms with van der Waals surface area (Å²) >= 11 is 0. The molecule has 0 aromatic carbocycles. The van der Waals surface area contributed by atoms with Gasteiger partial charge in [-0.05, 0) is 51.4 Å². The second kappa shape index (κ2) is 5.29. The SMILES string of the molecule is CN1CCCC1C1CCCN1C(=O)c1cccnc1. The van der Waals surface area contributed by atoms with E-state index < -0.39 is 0 Å². The van der Waals surface area contributed by atoms with Crippen LogP contribution in [0.25, 0.3) is 0 Å². The van der Waals surface area contributed by atoms with Gasteiger partial charge in [0.2, 0.25) is 0 Å². The lowest BCUT2D eigenvalue weighted by atomic mass is 10.0. The number of amides is 1. The zero-order valence-electron chi connectivity index (χ0n) is 11.5. The molecule has 102 valence electrons. The fraction of sp³-hybridized carbons (Fsp3) is 0.600. The Morgan fingerprint density at radius 3 is 2.74 bits per heavy atom. The largest absolute Gasteiger partial charge is 0.334 e. The lowest BCUT2D eigenvalue weighted by Gasteiger charge is -2.33. The maximum absolute atomic E-state index is 12.6. The third-order valence-electron chi connectivity index (χ3n) is 4.49. The van der Waals surface area contributed by atoms with Crippen LogP contribution in [-0.2, 0) is 0 Å². The molecule has 0 saturated carbocycles. The van der Waals surface area contributed by atoms with Crippen LogP contribution in [0.5, 0.6) is 0 Å². The quantitative estimate of drug-likeness (QED) is 0.812. The summed E-state index contributed by atoms with van der Waals surface area (Å²) in [5, 5.41) is 0. The Morgan fingerprint density at radius 1 is 1.26 bits per heavy atom. The molecule has 4 nitrogen and oxygen atoms in total. The Kier molecular flexibility index (Phi) is 3.51. The topological polar surface area (TPSA) is 36.4 Å². The number of nitrogens with zero attached hydrogens (tertiary/aromatic N) is 3. The number of hydrogen-bond acceptors (Lipinski definition) is 3. The highest BCUT2D eigenvalue weighted by atomic mass is 16.2. The first-order valence-electron chi connectivity index (χ1n) is 7.18. The highest BCUT2D eigenvalue weighted by molar-refractivity contribution is 5.94. The van der Waals surface area contributed by atoms with E-state index >= 15 is 0 Å². The van der Waals surface area contributed by atoms with Crippen LogP contribution in [0.3, 0.4) is 0 Å².